The van der Waals surface area contributed by atoms with Crippen molar-refractivity contribution in [1.82, 2.24) is 5.43 Å². The van der Waals surface area contributed by atoms with Gasteiger partial charge in [0.25, 0.3) is 11.8 Å². The van der Waals surface area contributed by atoms with Crippen molar-refractivity contribution < 1.29 is 14.3 Å². The molecule has 4 rings (SSSR count). The van der Waals surface area contributed by atoms with Crippen LogP contribution in [0.3, 0.4) is 0 Å². The third-order valence-corrected chi connectivity index (χ3v) is 6.02. The zero-order valence-electron chi connectivity index (χ0n) is 17.4. The van der Waals surface area contributed by atoms with Gasteiger partial charge in [0.2, 0.25) is 0 Å². The second-order valence-electron chi connectivity index (χ2n) is 7.17. The Kier molecular flexibility index (Phi) is 6.83. The average molecular weight is 465 g/mol. The van der Waals surface area contributed by atoms with Crippen molar-refractivity contribution in [1.29, 1.82) is 0 Å². The molecule has 1 fully saturated rings. The number of thioether (sulfide) groups is 1. The van der Waals surface area contributed by atoms with Gasteiger partial charge in [0.05, 0.1) is 12.3 Å². The third kappa shape index (κ3) is 5.15. The van der Waals surface area contributed by atoms with Gasteiger partial charge in [-0.05, 0) is 61.5 Å². The van der Waals surface area contributed by atoms with Gasteiger partial charge >= 0.3 is 0 Å². The summed E-state index contributed by atoms with van der Waals surface area (Å²) in [4.78, 5) is 26.5. The summed E-state index contributed by atoms with van der Waals surface area (Å²) >= 11 is 7.59. The number of halogens is 1. The first kappa shape index (κ1) is 22.0. The third-order valence-electron chi connectivity index (χ3n) is 4.79. The first-order chi connectivity index (χ1) is 15.5. The minimum atomic E-state index is -0.440. The van der Waals surface area contributed by atoms with Crippen LogP contribution in [0.2, 0.25) is 5.02 Å². The zero-order chi connectivity index (χ0) is 22.5. The molecule has 1 N–H and O–H groups in total. The monoisotopic (exact) mass is 464 g/mol. The topological polar surface area (TPSA) is 58.6 Å². The molecular weight excluding hydrogens is 444 g/mol. The highest BCUT2D eigenvalue weighted by Crippen LogP contribution is 2.27. The van der Waals surface area contributed by atoms with Crippen LogP contribution in [0, 0.1) is 6.92 Å². The van der Waals surface area contributed by atoms with Crippen LogP contribution in [-0.4, -0.2) is 24.2 Å². The fourth-order valence-corrected chi connectivity index (χ4v) is 4.08. The minimum absolute atomic E-state index is 0.0693. The van der Waals surface area contributed by atoms with E-state index in [1.165, 1.54) is 5.01 Å². The van der Waals surface area contributed by atoms with Crippen molar-refractivity contribution in [2.45, 2.75) is 11.8 Å². The number of carbonyl (C=O) groups is 2. The van der Waals surface area contributed by atoms with Gasteiger partial charge in [-0.2, -0.15) is 0 Å². The van der Waals surface area contributed by atoms with E-state index in [0.717, 1.165) is 16.2 Å². The number of nitrogens with one attached hydrogen (secondary N) is 1. The normalized spacial score (nSPS) is 14.7. The Hall–Kier alpha value is -3.22. The number of hydrazine groups is 1. The highest BCUT2D eigenvalue weighted by Gasteiger charge is 2.34. The van der Waals surface area contributed by atoms with Gasteiger partial charge in [0.1, 0.15) is 11.3 Å². The summed E-state index contributed by atoms with van der Waals surface area (Å²) in [5.41, 5.74) is 4.99. The summed E-state index contributed by atoms with van der Waals surface area (Å²) in [6, 6.07) is 22.4. The molecule has 1 aliphatic heterocycles. The molecule has 0 unspecified atom stereocenters. The second-order valence-corrected chi connectivity index (χ2v) is 8.77. The van der Waals surface area contributed by atoms with E-state index in [9.17, 15) is 9.59 Å². The fourth-order valence-electron chi connectivity index (χ4n) is 3.23. The Bertz CT molecular complexity index is 1160. The number of benzene rings is 3. The summed E-state index contributed by atoms with van der Waals surface area (Å²) in [6.45, 7) is 2.43. The van der Waals surface area contributed by atoms with Crippen molar-refractivity contribution in [3.05, 3.63) is 94.5 Å². The lowest BCUT2D eigenvalue weighted by atomic mass is 10.1. The molecule has 2 amide bonds. The Balaban J connectivity index is 1.48. The standard InChI is InChI=1S/C25H21ClN2O3S/c1-17-7-12-23(31-13-14-32-21-10-8-19(26)9-11-21)18(15-17)16-22-24(29)27-28(25(22)30)20-5-3-2-4-6-20/h2-12,15-16H,13-14H2,1H3,(H,27,29). The summed E-state index contributed by atoms with van der Waals surface area (Å²) < 4.78 is 5.98. The highest BCUT2D eigenvalue weighted by atomic mass is 35.5. The van der Waals surface area contributed by atoms with E-state index < -0.39 is 11.8 Å². The first-order valence-corrected chi connectivity index (χ1v) is 11.4. The van der Waals surface area contributed by atoms with E-state index in [1.54, 1.807) is 30.0 Å². The number of hydrogen-bond acceptors (Lipinski definition) is 4. The fraction of sp³-hybridized carbons (Fsp3) is 0.120. The molecule has 0 spiro atoms. The van der Waals surface area contributed by atoms with Crippen LogP contribution in [0.25, 0.3) is 6.08 Å². The van der Waals surface area contributed by atoms with Gasteiger partial charge in [-0.25, -0.2) is 5.01 Å². The lowest BCUT2D eigenvalue weighted by Crippen LogP contribution is -2.35. The SMILES string of the molecule is Cc1ccc(OCCSc2ccc(Cl)cc2)c(C=C2C(=O)NN(c3ccccc3)C2=O)c1. The van der Waals surface area contributed by atoms with Gasteiger partial charge < -0.3 is 4.74 Å². The molecule has 32 heavy (non-hydrogen) atoms. The number of nitrogens with zero attached hydrogens (tertiary/aromatic N) is 1. The molecule has 162 valence electrons. The van der Waals surface area contributed by atoms with Crippen LogP contribution in [0.1, 0.15) is 11.1 Å². The Morgan fingerprint density at radius 1 is 1.03 bits per heavy atom. The summed E-state index contributed by atoms with van der Waals surface area (Å²) in [5, 5.41) is 1.96. The molecule has 0 bridgehead atoms. The zero-order valence-corrected chi connectivity index (χ0v) is 19.0. The lowest BCUT2D eigenvalue weighted by molar-refractivity contribution is -0.117. The summed E-state index contributed by atoms with van der Waals surface area (Å²) in [5.74, 6) is 0.530. The average Bonchev–Trinajstić information content (AvgIpc) is 3.08. The molecule has 1 heterocycles. The number of para-hydroxylation sites is 1. The van der Waals surface area contributed by atoms with Crippen molar-refractivity contribution in [3.8, 4) is 5.75 Å². The molecule has 0 atom stereocenters. The smallest absolute Gasteiger partial charge is 0.282 e. The quantitative estimate of drug-likeness (QED) is 0.223. The molecule has 0 aliphatic carbocycles. The predicted molar refractivity (Wildman–Crippen MR) is 129 cm³/mol. The van der Waals surface area contributed by atoms with Crippen molar-refractivity contribution in [3.63, 3.8) is 0 Å². The van der Waals surface area contributed by atoms with Gasteiger partial charge in [0.15, 0.2) is 0 Å². The number of hydrogen-bond donors (Lipinski definition) is 1. The van der Waals surface area contributed by atoms with Gasteiger partial charge in [0, 0.05) is 21.2 Å². The first-order valence-electron chi connectivity index (χ1n) is 10.1. The maximum absolute atomic E-state index is 12.9. The maximum atomic E-state index is 12.9. The maximum Gasteiger partial charge on any atom is 0.282 e. The van der Waals surface area contributed by atoms with E-state index >= 15 is 0 Å². The molecule has 0 aromatic heterocycles. The Morgan fingerprint density at radius 3 is 2.53 bits per heavy atom. The number of amides is 2. The molecule has 5 nitrogen and oxygen atoms in total. The van der Waals surface area contributed by atoms with Crippen LogP contribution >= 0.6 is 23.4 Å². The number of anilines is 1. The van der Waals surface area contributed by atoms with Gasteiger partial charge in [-0.1, -0.05) is 41.4 Å². The second kappa shape index (κ2) is 9.94. The van der Waals surface area contributed by atoms with Crippen LogP contribution in [0.15, 0.2) is 83.3 Å². The van der Waals surface area contributed by atoms with Gasteiger partial charge in [-0.3, -0.25) is 15.0 Å². The van der Waals surface area contributed by atoms with Crippen LogP contribution in [0.5, 0.6) is 5.75 Å². The van der Waals surface area contributed by atoms with Crippen molar-refractivity contribution in [2.24, 2.45) is 0 Å². The van der Waals surface area contributed by atoms with Gasteiger partial charge in [-0.15, -0.1) is 11.8 Å². The molecular formula is C25H21ClN2O3S. The number of carbonyl (C=O) groups excluding carboxylic acids is 2. The van der Waals surface area contributed by atoms with Crippen molar-refractivity contribution in [2.75, 3.05) is 17.4 Å². The number of ether oxygens (including phenoxy) is 1. The highest BCUT2D eigenvalue weighted by molar-refractivity contribution is 7.99. The Labute approximate surface area is 196 Å². The van der Waals surface area contributed by atoms with E-state index in [4.69, 9.17) is 16.3 Å². The molecule has 1 saturated heterocycles. The van der Waals surface area contributed by atoms with Crippen LogP contribution in [0.4, 0.5) is 5.69 Å². The predicted octanol–water partition coefficient (Wildman–Crippen LogP) is 5.28. The molecule has 0 saturated carbocycles. The summed E-state index contributed by atoms with van der Waals surface area (Å²) in [6.07, 6.45) is 1.59. The van der Waals surface area contributed by atoms with E-state index in [2.05, 4.69) is 5.43 Å². The van der Waals surface area contributed by atoms with E-state index in [-0.39, 0.29) is 5.57 Å². The van der Waals surface area contributed by atoms with Crippen molar-refractivity contribution >= 4 is 46.9 Å². The number of aryl methyl sites for hydroxylation is 1. The molecule has 1 aliphatic rings. The van der Waals surface area contributed by atoms with E-state index in [0.29, 0.717) is 28.6 Å². The van der Waals surface area contributed by atoms with Crippen LogP contribution in [-0.2, 0) is 9.59 Å². The van der Waals surface area contributed by atoms with E-state index in [1.807, 2.05) is 67.6 Å². The largest absolute Gasteiger partial charge is 0.492 e. The molecule has 7 heteroatoms. The molecule has 3 aromatic carbocycles. The Morgan fingerprint density at radius 2 is 1.78 bits per heavy atom. The van der Waals surface area contributed by atoms with Crippen LogP contribution < -0.4 is 15.2 Å². The number of rotatable bonds is 7. The lowest BCUT2D eigenvalue weighted by Gasteiger charge is -2.14. The molecule has 3 aromatic rings. The summed E-state index contributed by atoms with van der Waals surface area (Å²) in [7, 11) is 0. The molecule has 0 radical (unpaired) electrons. The minimum Gasteiger partial charge on any atom is -0.492 e.